The van der Waals surface area contributed by atoms with Gasteiger partial charge in [0.05, 0.1) is 0 Å². The first-order valence-electron chi connectivity index (χ1n) is 6.38. The van der Waals surface area contributed by atoms with Crippen LogP contribution in [0.1, 0.15) is 48.3 Å². The summed E-state index contributed by atoms with van der Waals surface area (Å²) in [5, 5.41) is 2.03. The Morgan fingerprint density at radius 1 is 1.44 bits per heavy atom. The molecule has 4 nitrogen and oxygen atoms in total. The molecule has 0 radical (unpaired) electrons. The number of carbonyl (C=O) groups excluding carboxylic acids is 1. The van der Waals surface area contributed by atoms with Crippen LogP contribution in [0.4, 0.5) is 0 Å². The molecule has 0 amide bonds. The number of fused-ring (bicyclic) bond motifs is 1. The molecule has 0 N–H and O–H groups in total. The van der Waals surface area contributed by atoms with Crippen molar-refractivity contribution < 1.29 is 9.53 Å². The van der Waals surface area contributed by atoms with Crippen molar-refractivity contribution in [3.05, 3.63) is 23.0 Å². The molecule has 3 rings (SSSR count). The first-order chi connectivity index (χ1) is 8.74. The second-order valence-corrected chi connectivity index (χ2v) is 5.66. The van der Waals surface area contributed by atoms with Crippen LogP contribution in [0.5, 0.6) is 0 Å². The third-order valence-electron chi connectivity index (χ3n) is 3.42. The number of aromatic nitrogens is 2. The average Bonchev–Trinajstić information content (AvgIpc) is 2.93. The average molecular weight is 264 g/mol. The molecule has 0 unspecified atom stereocenters. The van der Waals surface area contributed by atoms with Crippen LogP contribution in [0.2, 0.25) is 0 Å². The molecule has 18 heavy (non-hydrogen) atoms. The van der Waals surface area contributed by atoms with E-state index >= 15 is 0 Å². The summed E-state index contributed by atoms with van der Waals surface area (Å²) >= 11 is 1.54. The van der Waals surface area contributed by atoms with Crippen LogP contribution in [0.25, 0.3) is 4.96 Å². The molecular weight excluding hydrogens is 248 g/mol. The maximum Gasteiger partial charge on any atom is 0.358 e. The summed E-state index contributed by atoms with van der Waals surface area (Å²) in [6.07, 6.45) is 7.43. The maximum atomic E-state index is 12.0. The number of ether oxygens (including phenoxy) is 1. The van der Waals surface area contributed by atoms with Crippen molar-refractivity contribution >= 4 is 22.3 Å². The minimum atomic E-state index is -0.280. The number of nitrogens with zero attached hydrogens (tertiary/aromatic N) is 2. The van der Waals surface area contributed by atoms with Gasteiger partial charge < -0.3 is 4.74 Å². The Balaban J connectivity index is 1.74. The first kappa shape index (κ1) is 11.7. The van der Waals surface area contributed by atoms with Gasteiger partial charge in [0, 0.05) is 17.3 Å². The second kappa shape index (κ2) is 4.72. The highest BCUT2D eigenvalue weighted by atomic mass is 32.1. The molecule has 2 heterocycles. The van der Waals surface area contributed by atoms with Crippen LogP contribution in [0, 0.1) is 6.92 Å². The molecule has 1 fully saturated rings. The number of carbonyl (C=O) groups is 1. The van der Waals surface area contributed by atoms with Crippen molar-refractivity contribution in [3.63, 3.8) is 0 Å². The van der Waals surface area contributed by atoms with Crippen LogP contribution in [0.3, 0.4) is 0 Å². The third-order valence-corrected chi connectivity index (χ3v) is 4.38. The minimum Gasteiger partial charge on any atom is -0.458 e. The summed E-state index contributed by atoms with van der Waals surface area (Å²) in [6, 6.07) is 0. The van der Waals surface area contributed by atoms with E-state index in [4.69, 9.17) is 4.74 Å². The third kappa shape index (κ3) is 2.14. The van der Waals surface area contributed by atoms with Gasteiger partial charge in [-0.05, 0) is 32.6 Å². The summed E-state index contributed by atoms with van der Waals surface area (Å²) in [5.74, 6) is -0.280. The summed E-state index contributed by atoms with van der Waals surface area (Å²) in [5.41, 5.74) is 1.52. The van der Waals surface area contributed by atoms with Crippen molar-refractivity contribution in [1.29, 1.82) is 0 Å². The van der Waals surface area contributed by atoms with Crippen molar-refractivity contribution in [1.82, 2.24) is 9.38 Å². The van der Waals surface area contributed by atoms with Crippen molar-refractivity contribution in [2.75, 3.05) is 0 Å². The lowest BCUT2D eigenvalue weighted by Crippen LogP contribution is -2.21. The molecule has 2 aromatic rings. The van der Waals surface area contributed by atoms with Gasteiger partial charge in [-0.1, -0.05) is 6.42 Å². The van der Waals surface area contributed by atoms with Gasteiger partial charge in [0.15, 0.2) is 10.7 Å². The number of aryl methyl sites for hydroxylation is 1. The summed E-state index contributed by atoms with van der Waals surface area (Å²) in [6.45, 7) is 2.00. The largest absolute Gasteiger partial charge is 0.458 e. The number of rotatable bonds is 2. The van der Waals surface area contributed by atoms with Gasteiger partial charge in [-0.25, -0.2) is 9.78 Å². The maximum absolute atomic E-state index is 12.0. The lowest BCUT2D eigenvalue weighted by molar-refractivity contribution is 0.0205. The molecule has 1 aliphatic rings. The zero-order chi connectivity index (χ0) is 12.5. The Kier molecular flexibility index (Phi) is 3.07. The fraction of sp³-hybridized carbons (Fsp3) is 0.538. The number of imidazole rings is 1. The van der Waals surface area contributed by atoms with Crippen LogP contribution in [-0.2, 0) is 4.74 Å². The van der Waals surface area contributed by atoms with Gasteiger partial charge in [-0.3, -0.25) is 4.40 Å². The van der Waals surface area contributed by atoms with Crippen LogP contribution in [-0.4, -0.2) is 21.5 Å². The lowest BCUT2D eigenvalue weighted by Gasteiger charge is -2.21. The number of hydrogen-bond donors (Lipinski definition) is 0. The van der Waals surface area contributed by atoms with Gasteiger partial charge in [0.2, 0.25) is 0 Å². The second-order valence-electron chi connectivity index (χ2n) is 4.82. The fourth-order valence-corrected chi connectivity index (χ4v) is 3.24. The van der Waals surface area contributed by atoms with E-state index in [-0.39, 0.29) is 12.1 Å². The number of esters is 1. The molecule has 0 atom stereocenters. The van der Waals surface area contributed by atoms with E-state index in [1.54, 1.807) is 17.5 Å². The quantitative estimate of drug-likeness (QED) is 0.782. The fourth-order valence-electron chi connectivity index (χ4n) is 2.39. The van der Waals surface area contributed by atoms with Gasteiger partial charge in [-0.15, -0.1) is 11.3 Å². The van der Waals surface area contributed by atoms with Crippen LogP contribution >= 0.6 is 11.3 Å². The molecule has 0 spiro atoms. The molecule has 96 valence electrons. The number of thiazole rings is 1. The van der Waals surface area contributed by atoms with E-state index in [1.807, 2.05) is 16.7 Å². The highest BCUT2D eigenvalue weighted by Crippen LogP contribution is 2.22. The van der Waals surface area contributed by atoms with Crippen LogP contribution in [0.15, 0.2) is 11.6 Å². The monoisotopic (exact) mass is 264 g/mol. The lowest BCUT2D eigenvalue weighted by atomic mass is 9.98. The smallest absolute Gasteiger partial charge is 0.358 e. The molecular formula is C13H16N2O2S. The van der Waals surface area contributed by atoms with E-state index in [1.165, 1.54) is 6.42 Å². The molecule has 2 aromatic heterocycles. The Labute approximate surface area is 110 Å². The molecule has 0 aliphatic heterocycles. The molecule has 1 saturated carbocycles. The Bertz CT molecular complexity index is 567. The molecule has 0 saturated heterocycles. The van der Waals surface area contributed by atoms with Crippen LogP contribution < -0.4 is 0 Å². The molecule has 0 aromatic carbocycles. The van der Waals surface area contributed by atoms with E-state index < -0.39 is 0 Å². The van der Waals surface area contributed by atoms with E-state index in [2.05, 4.69) is 4.98 Å². The Morgan fingerprint density at radius 3 is 2.94 bits per heavy atom. The van der Waals surface area contributed by atoms with E-state index in [0.29, 0.717) is 5.69 Å². The van der Waals surface area contributed by atoms with E-state index in [9.17, 15) is 4.79 Å². The van der Waals surface area contributed by atoms with Gasteiger partial charge in [0.1, 0.15) is 6.10 Å². The van der Waals surface area contributed by atoms with Gasteiger partial charge in [0.25, 0.3) is 0 Å². The zero-order valence-electron chi connectivity index (χ0n) is 10.4. The van der Waals surface area contributed by atoms with Crippen molar-refractivity contribution in [3.8, 4) is 0 Å². The number of hydrogen-bond acceptors (Lipinski definition) is 4. The molecule has 5 heteroatoms. The zero-order valence-corrected chi connectivity index (χ0v) is 11.2. The topological polar surface area (TPSA) is 43.6 Å². The van der Waals surface area contributed by atoms with Gasteiger partial charge >= 0.3 is 5.97 Å². The predicted octanol–water partition coefficient (Wildman–Crippen LogP) is 3.19. The highest BCUT2D eigenvalue weighted by molar-refractivity contribution is 7.15. The summed E-state index contributed by atoms with van der Waals surface area (Å²) in [7, 11) is 0. The molecule has 1 aliphatic carbocycles. The summed E-state index contributed by atoms with van der Waals surface area (Å²) in [4.78, 5) is 17.2. The Hall–Kier alpha value is -1.36. The van der Waals surface area contributed by atoms with Gasteiger partial charge in [-0.2, -0.15) is 0 Å². The summed E-state index contributed by atoms with van der Waals surface area (Å²) < 4.78 is 7.44. The minimum absolute atomic E-state index is 0.0899. The molecule has 0 bridgehead atoms. The SMILES string of the molecule is Cc1csc2nc(C(=O)OC3CCCCC3)cn12. The normalized spacial score (nSPS) is 17.2. The predicted molar refractivity (Wildman–Crippen MR) is 70.1 cm³/mol. The first-order valence-corrected chi connectivity index (χ1v) is 7.26. The standard InChI is InChI=1S/C13H16N2O2S/c1-9-8-18-13-14-11(7-15(9)13)12(16)17-10-5-3-2-4-6-10/h7-8,10H,2-6H2,1H3. The Morgan fingerprint density at radius 2 is 2.22 bits per heavy atom. The van der Waals surface area contributed by atoms with Crippen molar-refractivity contribution in [2.45, 2.75) is 45.1 Å². The van der Waals surface area contributed by atoms with E-state index in [0.717, 1.165) is 36.3 Å². The van der Waals surface area contributed by atoms with Crippen molar-refractivity contribution in [2.24, 2.45) is 0 Å². The highest BCUT2D eigenvalue weighted by Gasteiger charge is 2.21.